The van der Waals surface area contributed by atoms with E-state index in [1.807, 2.05) is 44.2 Å². The Morgan fingerprint density at radius 2 is 1.76 bits per heavy atom. The van der Waals surface area contributed by atoms with Crippen LogP contribution in [0.5, 0.6) is 0 Å². The van der Waals surface area contributed by atoms with Crippen molar-refractivity contribution in [1.29, 1.82) is 0 Å². The molecule has 1 heterocycles. The van der Waals surface area contributed by atoms with E-state index in [-0.39, 0.29) is 37.5 Å². The van der Waals surface area contributed by atoms with Gasteiger partial charge in [-0.25, -0.2) is 18.2 Å². The van der Waals surface area contributed by atoms with Gasteiger partial charge in [0.05, 0.1) is 18.8 Å². The fourth-order valence-electron chi connectivity index (χ4n) is 3.47. The number of hydrogen-bond acceptors (Lipinski definition) is 6. The van der Waals surface area contributed by atoms with Crippen LogP contribution in [0.2, 0.25) is 0 Å². The second-order valence-electron chi connectivity index (χ2n) is 8.61. The van der Waals surface area contributed by atoms with Gasteiger partial charge in [-0.1, -0.05) is 44.2 Å². The van der Waals surface area contributed by atoms with Crippen LogP contribution < -0.4 is 5.32 Å². The maximum atomic E-state index is 13.3. The molecule has 190 valence electrons. The van der Waals surface area contributed by atoms with Gasteiger partial charge in [0.15, 0.2) is 5.82 Å². The molecule has 0 saturated heterocycles. The smallest absolute Gasteiger partial charge is 0.317 e. The van der Waals surface area contributed by atoms with Gasteiger partial charge >= 0.3 is 6.03 Å². The Kier molecular flexibility index (Phi) is 10.9. The molecular formula is C23H39N7O3S. The average molecular weight is 494 g/mol. The third-order valence-corrected chi connectivity index (χ3v) is 7.26. The van der Waals surface area contributed by atoms with Crippen LogP contribution in [0, 0.1) is 0 Å². The number of nitrogens with one attached hydrogen (secondary N) is 2. The summed E-state index contributed by atoms with van der Waals surface area (Å²) in [5.74, 6) is 0.928. The molecule has 0 unspecified atom stereocenters. The second-order valence-corrected chi connectivity index (χ2v) is 10.7. The molecule has 1 aromatic carbocycles. The number of amides is 2. The van der Waals surface area contributed by atoms with Crippen LogP contribution in [0.25, 0.3) is 0 Å². The zero-order valence-electron chi connectivity index (χ0n) is 21.0. The fourth-order valence-corrected chi connectivity index (χ4v) is 4.88. The van der Waals surface area contributed by atoms with Gasteiger partial charge in [0.2, 0.25) is 10.0 Å². The molecule has 34 heavy (non-hydrogen) atoms. The summed E-state index contributed by atoms with van der Waals surface area (Å²) >= 11 is 0. The number of urea groups is 1. The molecule has 1 aromatic heterocycles. The van der Waals surface area contributed by atoms with E-state index < -0.39 is 10.0 Å². The van der Waals surface area contributed by atoms with E-state index in [4.69, 9.17) is 0 Å². The van der Waals surface area contributed by atoms with Crippen molar-refractivity contribution in [1.82, 2.24) is 34.6 Å². The van der Waals surface area contributed by atoms with Gasteiger partial charge in [-0.2, -0.15) is 9.40 Å². The quantitative estimate of drug-likeness (QED) is 0.418. The molecule has 11 heteroatoms. The summed E-state index contributed by atoms with van der Waals surface area (Å²) in [7, 11) is -1.86. The molecule has 10 nitrogen and oxygen atoms in total. The fraction of sp³-hybridized carbons (Fsp3) is 0.609. The number of rotatable bonds is 14. The molecule has 0 aliphatic heterocycles. The zero-order valence-corrected chi connectivity index (χ0v) is 21.8. The maximum absolute atomic E-state index is 13.3. The predicted octanol–water partition coefficient (Wildman–Crippen LogP) is 2.42. The van der Waals surface area contributed by atoms with Gasteiger partial charge in [-0.05, 0) is 45.5 Å². The number of nitrogens with zero attached hydrogens (tertiary/aromatic N) is 5. The molecule has 0 bridgehead atoms. The first-order valence-electron chi connectivity index (χ1n) is 11.8. The van der Waals surface area contributed by atoms with Crippen LogP contribution in [-0.4, -0.2) is 82.2 Å². The number of sulfonamides is 1. The minimum Gasteiger partial charge on any atom is -0.336 e. The van der Waals surface area contributed by atoms with E-state index >= 15 is 0 Å². The monoisotopic (exact) mass is 493 g/mol. The highest BCUT2D eigenvalue weighted by atomic mass is 32.2. The molecule has 0 aliphatic rings. The highest BCUT2D eigenvalue weighted by molar-refractivity contribution is 7.89. The summed E-state index contributed by atoms with van der Waals surface area (Å²) in [6.45, 7) is 11.0. The Morgan fingerprint density at radius 3 is 2.38 bits per heavy atom. The van der Waals surface area contributed by atoms with Crippen LogP contribution in [0.1, 0.15) is 51.3 Å². The first-order chi connectivity index (χ1) is 16.1. The van der Waals surface area contributed by atoms with Crippen molar-refractivity contribution in [3.63, 3.8) is 0 Å². The third-order valence-electron chi connectivity index (χ3n) is 5.41. The molecule has 0 atom stereocenters. The lowest BCUT2D eigenvalue weighted by Crippen LogP contribution is -2.40. The van der Waals surface area contributed by atoms with Crippen molar-refractivity contribution >= 4 is 16.1 Å². The zero-order chi connectivity index (χ0) is 25.1. The highest BCUT2D eigenvalue weighted by Gasteiger charge is 2.24. The molecule has 2 amide bonds. The van der Waals surface area contributed by atoms with Crippen molar-refractivity contribution in [2.24, 2.45) is 0 Å². The van der Waals surface area contributed by atoms with Crippen molar-refractivity contribution < 1.29 is 13.2 Å². The standard InChI is InChI=1S/C23H39N7O3S/c1-6-29(7-2)14-11-15-34(32,33)30(16-20-12-9-8-10-13-20)18-22-25-21(26-27-22)17-28(5)23(31)24-19(3)4/h8-10,12-13,19H,6-7,11,14-18H2,1-5H3,(H,24,31)(H,25,26,27). The van der Waals surface area contributed by atoms with Crippen molar-refractivity contribution in [3.05, 3.63) is 47.5 Å². The van der Waals surface area contributed by atoms with Crippen LogP contribution in [0.4, 0.5) is 4.79 Å². The van der Waals surface area contributed by atoms with E-state index in [0.717, 1.165) is 25.2 Å². The molecule has 2 N–H and O–H groups in total. The molecular weight excluding hydrogens is 454 g/mol. The summed E-state index contributed by atoms with van der Waals surface area (Å²) in [5, 5.41) is 9.86. The Labute approximate surface area is 203 Å². The largest absolute Gasteiger partial charge is 0.336 e. The van der Waals surface area contributed by atoms with Gasteiger partial charge in [-0.3, -0.25) is 5.10 Å². The van der Waals surface area contributed by atoms with Gasteiger partial charge in [0.1, 0.15) is 5.82 Å². The summed E-state index contributed by atoms with van der Waals surface area (Å²) < 4.78 is 27.9. The number of carbonyl (C=O) groups excluding carboxylic acids is 1. The number of aromatic amines is 1. The third kappa shape index (κ3) is 9.03. The number of carbonyl (C=O) groups is 1. The molecule has 0 saturated carbocycles. The summed E-state index contributed by atoms with van der Waals surface area (Å²) in [6.07, 6.45) is 0.560. The lowest BCUT2D eigenvalue weighted by Gasteiger charge is -2.23. The van der Waals surface area contributed by atoms with E-state index in [0.29, 0.717) is 18.1 Å². The van der Waals surface area contributed by atoms with Gasteiger partial charge in [0, 0.05) is 19.6 Å². The predicted molar refractivity (Wildman–Crippen MR) is 133 cm³/mol. The van der Waals surface area contributed by atoms with Gasteiger partial charge < -0.3 is 15.1 Å². The minimum absolute atomic E-state index is 0.0266. The molecule has 0 fully saturated rings. The van der Waals surface area contributed by atoms with Crippen molar-refractivity contribution in [2.75, 3.05) is 32.4 Å². The van der Waals surface area contributed by atoms with Crippen molar-refractivity contribution in [2.45, 2.75) is 59.8 Å². The molecule has 0 aliphatic carbocycles. The first-order valence-corrected chi connectivity index (χ1v) is 13.4. The number of hydrogen-bond donors (Lipinski definition) is 2. The minimum atomic E-state index is -3.53. The van der Waals surface area contributed by atoms with Crippen molar-refractivity contribution in [3.8, 4) is 0 Å². The molecule has 2 rings (SSSR count). The summed E-state index contributed by atoms with van der Waals surface area (Å²) in [4.78, 5) is 20.3. The highest BCUT2D eigenvalue weighted by Crippen LogP contribution is 2.14. The van der Waals surface area contributed by atoms with Crippen LogP contribution >= 0.6 is 0 Å². The second kappa shape index (κ2) is 13.4. The van der Waals surface area contributed by atoms with Gasteiger partial charge in [-0.15, -0.1) is 0 Å². The van der Waals surface area contributed by atoms with Crippen LogP contribution in [0.3, 0.4) is 0 Å². The van der Waals surface area contributed by atoms with Gasteiger partial charge in [0.25, 0.3) is 0 Å². The number of benzene rings is 1. The van der Waals surface area contributed by atoms with E-state index in [9.17, 15) is 13.2 Å². The molecule has 0 spiro atoms. The number of aromatic nitrogens is 3. The topological polar surface area (TPSA) is 115 Å². The van der Waals surface area contributed by atoms with Crippen LogP contribution in [-0.2, 0) is 29.7 Å². The van der Waals surface area contributed by atoms with Crippen LogP contribution in [0.15, 0.2) is 30.3 Å². The Morgan fingerprint density at radius 1 is 1.09 bits per heavy atom. The first kappa shape index (κ1) is 27.7. The van der Waals surface area contributed by atoms with E-state index in [2.05, 4.69) is 39.2 Å². The lowest BCUT2D eigenvalue weighted by molar-refractivity contribution is 0.203. The van der Waals surface area contributed by atoms with E-state index in [1.54, 1.807) is 7.05 Å². The molecule has 2 aromatic rings. The summed E-state index contributed by atoms with van der Waals surface area (Å²) in [6, 6.07) is 9.31. The Hall–Kier alpha value is -2.50. The normalized spacial score (nSPS) is 12.0. The Bertz CT molecular complexity index is 975. The summed E-state index contributed by atoms with van der Waals surface area (Å²) in [5.41, 5.74) is 0.899. The Balaban J connectivity index is 2.10. The lowest BCUT2D eigenvalue weighted by atomic mass is 10.2. The average Bonchev–Trinajstić information content (AvgIpc) is 3.23. The SMILES string of the molecule is CCN(CC)CCCS(=O)(=O)N(Cc1ccccc1)Cc1n[nH]c(CN(C)C(=O)NC(C)C)n1. The maximum Gasteiger partial charge on any atom is 0.317 e. The van der Waals surface area contributed by atoms with E-state index in [1.165, 1.54) is 9.21 Å². The molecule has 0 radical (unpaired) electrons. The number of H-pyrrole nitrogens is 1.